The largest absolute Gasteiger partial charge is 0.375 e. The number of hydrogen-bond acceptors (Lipinski definition) is 4. The molecule has 3 atom stereocenters. The molecule has 3 rings (SSSR count). The summed E-state index contributed by atoms with van der Waals surface area (Å²) in [4.78, 5) is 14.7. The van der Waals surface area contributed by atoms with E-state index in [4.69, 9.17) is 15.2 Å². The number of ether oxygens (including phenoxy) is 2. The first-order valence-corrected chi connectivity index (χ1v) is 8.06. The van der Waals surface area contributed by atoms with E-state index in [-0.39, 0.29) is 24.0 Å². The van der Waals surface area contributed by atoms with E-state index in [2.05, 4.69) is 0 Å². The molecule has 1 amide bonds. The van der Waals surface area contributed by atoms with E-state index in [0.29, 0.717) is 26.2 Å². The second kappa shape index (κ2) is 7.22. The first-order valence-electron chi connectivity index (χ1n) is 8.06. The van der Waals surface area contributed by atoms with Crippen LogP contribution in [0, 0.1) is 0 Å². The van der Waals surface area contributed by atoms with Crippen LogP contribution in [-0.4, -0.2) is 55.9 Å². The molecule has 0 radical (unpaired) electrons. The van der Waals surface area contributed by atoms with Crippen LogP contribution in [0.2, 0.25) is 0 Å². The van der Waals surface area contributed by atoms with Crippen molar-refractivity contribution < 1.29 is 14.3 Å². The van der Waals surface area contributed by atoms with Gasteiger partial charge in [-0.25, -0.2) is 0 Å². The first kappa shape index (κ1) is 15.5. The van der Waals surface area contributed by atoms with Crippen molar-refractivity contribution in [1.29, 1.82) is 0 Å². The summed E-state index contributed by atoms with van der Waals surface area (Å²) < 4.78 is 11.5. The number of amides is 1. The SMILES string of the molecule is NC[C@H](C(=O)N1CCO[C@@H]([C@@H]2CCCO2)C1)c1ccccc1. The van der Waals surface area contributed by atoms with Gasteiger partial charge in [0.2, 0.25) is 5.91 Å². The molecule has 0 aliphatic carbocycles. The van der Waals surface area contributed by atoms with Gasteiger partial charge in [-0.3, -0.25) is 4.79 Å². The van der Waals surface area contributed by atoms with Crippen LogP contribution in [0.3, 0.4) is 0 Å². The molecular weight excluding hydrogens is 280 g/mol. The van der Waals surface area contributed by atoms with Gasteiger partial charge in [0.15, 0.2) is 0 Å². The van der Waals surface area contributed by atoms with Crippen LogP contribution in [0.4, 0.5) is 0 Å². The van der Waals surface area contributed by atoms with Gasteiger partial charge in [0.05, 0.1) is 18.6 Å². The molecule has 5 nitrogen and oxygen atoms in total. The highest BCUT2D eigenvalue weighted by Gasteiger charge is 2.34. The van der Waals surface area contributed by atoms with E-state index in [1.807, 2.05) is 35.2 Å². The number of carbonyl (C=O) groups is 1. The maximum Gasteiger partial charge on any atom is 0.231 e. The molecule has 0 saturated carbocycles. The minimum absolute atomic E-state index is 0.00519. The Morgan fingerprint density at radius 2 is 2.00 bits per heavy atom. The summed E-state index contributed by atoms with van der Waals surface area (Å²) in [7, 11) is 0. The monoisotopic (exact) mass is 304 g/mol. The Bertz CT molecular complexity index is 488. The molecular formula is C17H24N2O3. The third-order valence-electron chi connectivity index (χ3n) is 4.52. The van der Waals surface area contributed by atoms with Gasteiger partial charge in [0.1, 0.15) is 6.10 Å². The second-order valence-corrected chi connectivity index (χ2v) is 5.94. The van der Waals surface area contributed by atoms with Gasteiger partial charge in [0.25, 0.3) is 0 Å². The van der Waals surface area contributed by atoms with Crippen molar-refractivity contribution in [2.24, 2.45) is 5.73 Å². The van der Waals surface area contributed by atoms with Gasteiger partial charge in [0, 0.05) is 26.2 Å². The maximum atomic E-state index is 12.8. The van der Waals surface area contributed by atoms with Gasteiger partial charge in [-0.1, -0.05) is 30.3 Å². The number of nitrogens with zero attached hydrogens (tertiary/aromatic N) is 1. The molecule has 2 saturated heterocycles. The van der Waals surface area contributed by atoms with Crippen LogP contribution in [-0.2, 0) is 14.3 Å². The van der Waals surface area contributed by atoms with Gasteiger partial charge in [-0.05, 0) is 18.4 Å². The quantitative estimate of drug-likeness (QED) is 0.906. The molecule has 2 N–H and O–H groups in total. The molecule has 2 aliphatic rings. The van der Waals surface area contributed by atoms with Crippen LogP contribution >= 0.6 is 0 Å². The van der Waals surface area contributed by atoms with E-state index in [1.54, 1.807) is 0 Å². The van der Waals surface area contributed by atoms with Crippen molar-refractivity contribution in [1.82, 2.24) is 4.90 Å². The summed E-state index contributed by atoms with van der Waals surface area (Å²) in [6, 6.07) is 9.77. The molecule has 0 aromatic heterocycles. The first-order chi connectivity index (χ1) is 10.8. The zero-order valence-electron chi connectivity index (χ0n) is 12.8. The Morgan fingerprint density at radius 1 is 1.23 bits per heavy atom. The number of nitrogens with two attached hydrogens (primary N) is 1. The normalized spacial score (nSPS) is 26.9. The highest BCUT2D eigenvalue weighted by molar-refractivity contribution is 5.84. The molecule has 2 fully saturated rings. The zero-order chi connectivity index (χ0) is 15.4. The van der Waals surface area contributed by atoms with Crippen molar-refractivity contribution in [2.75, 3.05) is 32.8 Å². The average molecular weight is 304 g/mol. The smallest absolute Gasteiger partial charge is 0.231 e. The number of benzene rings is 1. The van der Waals surface area contributed by atoms with E-state index < -0.39 is 0 Å². The maximum absolute atomic E-state index is 12.8. The van der Waals surface area contributed by atoms with E-state index in [9.17, 15) is 4.79 Å². The topological polar surface area (TPSA) is 64.8 Å². The second-order valence-electron chi connectivity index (χ2n) is 5.94. The Balaban J connectivity index is 1.67. The lowest BCUT2D eigenvalue weighted by Gasteiger charge is -2.37. The van der Waals surface area contributed by atoms with E-state index in [0.717, 1.165) is 25.0 Å². The number of rotatable bonds is 4. The molecule has 1 aromatic carbocycles. The van der Waals surface area contributed by atoms with Crippen molar-refractivity contribution in [3.8, 4) is 0 Å². The van der Waals surface area contributed by atoms with E-state index in [1.165, 1.54) is 0 Å². The summed E-state index contributed by atoms with van der Waals surface area (Å²) in [5.41, 5.74) is 6.85. The minimum atomic E-state index is -0.274. The number of carbonyl (C=O) groups excluding carboxylic acids is 1. The fourth-order valence-electron chi connectivity index (χ4n) is 3.28. The summed E-state index contributed by atoms with van der Waals surface area (Å²) in [6.45, 7) is 2.93. The molecule has 1 aromatic rings. The molecule has 0 unspecified atom stereocenters. The summed E-state index contributed by atoms with van der Waals surface area (Å²) in [6.07, 6.45) is 2.22. The molecule has 120 valence electrons. The molecule has 22 heavy (non-hydrogen) atoms. The van der Waals surface area contributed by atoms with Gasteiger partial charge < -0.3 is 20.1 Å². The minimum Gasteiger partial charge on any atom is -0.375 e. The van der Waals surface area contributed by atoms with Crippen molar-refractivity contribution >= 4 is 5.91 Å². The lowest BCUT2D eigenvalue weighted by Crippen LogP contribution is -2.51. The van der Waals surface area contributed by atoms with Gasteiger partial charge >= 0.3 is 0 Å². The van der Waals surface area contributed by atoms with Crippen molar-refractivity contribution in [2.45, 2.75) is 31.0 Å². The zero-order valence-corrected chi connectivity index (χ0v) is 12.8. The lowest BCUT2D eigenvalue weighted by molar-refractivity contribution is -0.146. The predicted octanol–water partition coefficient (Wildman–Crippen LogP) is 1.14. The highest BCUT2D eigenvalue weighted by Crippen LogP contribution is 2.23. The third-order valence-corrected chi connectivity index (χ3v) is 4.52. The molecule has 0 spiro atoms. The van der Waals surface area contributed by atoms with Crippen LogP contribution < -0.4 is 5.73 Å². The Morgan fingerprint density at radius 3 is 2.68 bits per heavy atom. The number of hydrogen-bond donors (Lipinski definition) is 1. The van der Waals surface area contributed by atoms with Gasteiger partial charge in [-0.2, -0.15) is 0 Å². The summed E-state index contributed by atoms with van der Waals surface area (Å²) in [5, 5.41) is 0. The molecule has 2 heterocycles. The number of morpholine rings is 1. The average Bonchev–Trinajstić information content (AvgIpc) is 3.11. The Hall–Kier alpha value is -1.43. The van der Waals surface area contributed by atoms with Crippen LogP contribution in [0.15, 0.2) is 30.3 Å². The van der Waals surface area contributed by atoms with Crippen LogP contribution in [0.1, 0.15) is 24.3 Å². The van der Waals surface area contributed by atoms with Crippen LogP contribution in [0.5, 0.6) is 0 Å². The van der Waals surface area contributed by atoms with Crippen LogP contribution in [0.25, 0.3) is 0 Å². The molecule has 5 heteroatoms. The predicted molar refractivity (Wildman–Crippen MR) is 83.5 cm³/mol. The Kier molecular flexibility index (Phi) is 5.08. The summed E-state index contributed by atoms with van der Waals surface area (Å²) >= 11 is 0. The standard InChI is InChI=1S/C17H24N2O3/c18-11-14(13-5-2-1-3-6-13)17(20)19-8-10-22-16(12-19)15-7-4-9-21-15/h1-3,5-6,14-16H,4,7-12,18H2/t14-,15-,16+/m0/s1. The summed E-state index contributed by atoms with van der Waals surface area (Å²) in [5.74, 6) is -0.176. The third kappa shape index (κ3) is 3.32. The van der Waals surface area contributed by atoms with Crippen molar-refractivity contribution in [3.63, 3.8) is 0 Å². The molecule has 2 aliphatic heterocycles. The fourth-order valence-corrected chi connectivity index (χ4v) is 3.28. The van der Waals surface area contributed by atoms with Gasteiger partial charge in [-0.15, -0.1) is 0 Å². The highest BCUT2D eigenvalue weighted by atomic mass is 16.5. The fraction of sp³-hybridized carbons (Fsp3) is 0.588. The van der Waals surface area contributed by atoms with Crippen molar-refractivity contribution in [3.05, 3.63) is 35.9 Å². The van der Waals surface area contributed by atoms with E-state index >= 15 is 0 Å². The Labute approximate surface area is 131 Å². The lowest BCUT2D eigenvalue weighted by atomic mass is 9.97. The molecule has 0 bridgehead atoms.